The molecule has 0 spiro atoms. The zero-order valence-corrected chi connectivity index (χ0v) is 41.3. The van der Waals surface area contributed by atoms with Gasteiger partial charge in [-0.15, -0.1) is 0 Å². The first-order valence-corrected chi connectivity index (χ1v) is 27.4. The number of esters is 1. The molecule has 0 heterocycles. The smallest absolute Gasteiger partial charge is 0.306 e. The van der Waals surface area contributed by atoms with Crippen molar-refractivity contribution in [1.82, 2.24) is 5.32 Å². The molecule has 61 heavy (non-hydrogen) atoms. The number of allylic oxidation sites excluding steroid dienone is 2. The van der Waals surface area contributed by atoms with Crippen LogP contribution in [0.15, 0.2) is 12.2 Å². The van der Waals surface area contributed by atoms with Crippen molar-refractivity contribution >= 4 is 11.9 Å². The third-order valence-corrected chi connectivity index (χ3v) is 12.8. The normalized spacial score (nSPS) is 13.2. The molecule has 6 nitrogen and oxygen atoms in total. The van der Waals surface area contributed by atoms with E-state index in [4.69, 9.17) is 4.74 Å². The molecule has 1 amide bonds. The average Bonchev–Trinajstić information content (AvgIpc) is 3.25. The number of unbranched alkanes of at least 4 members (excludes halogenated alkanes) is 36. The van der Waals surface area contributed by atoms with E-state index >= 15 is 0 Å². The standard InChI is InChI=1S/C55H107NO5/c1-4-7-10-13-16-19-22-24-26-27-29-30-32-34-37-40-43-46-51(61-55(60)48-45-42-39-36-21-18-15-12-9-6-3)49-54(59)56-52(50-57)53(58)47-44-41-38-35-33-31-28-25-23-20-17-14-11-8-5-2/h12,15,51-53,57-58H,4-11,13-14,16-50H2,1-3H3,(H,56,59)/b15-12-. The molecule has 0 aliphatic heterocycles. The highest BCUT2D eigenvalue weighted by Gasteiger charge is 2.24. The van der Waals surface area contributed by atoms with Crippen LogP contribution >= 0.6 is 0 Å². The Kier molecular flexibility index (Phi) is 48.5. The number of rotatable bonds is 50. The quantitative estimate of drug-likeness (QED) is 0.0322. The Morgan fingerprint density at radius 3 is 1.23 bits per heavy atom. The second kappa shape index (κ2) is 49.6. The summed E-state index contributed by atoms with van der Waals surface area (Å²) in [6, 6.07) is -0.696. The number of hydrogen-bond donors (Lipinski definition) is 3. The van der Waals surface area contributed by atoms with Gasteiger partial charge in [-0.05, 0) is 44.9 Å². The lowest BCUT2D eigenvalue weighted by Gasteiger charge is -2.24. The topological polar surface area (TPSA) is 95.9 Å². The predicted octanol–water partition coefficient (Wildman–Crippen LogP) is 16.5. The molecule has 0 fully saturated rings. The summed E-state index contributed by atoms with van der Waals surface area (Å²) in [6.45, 7) is 6.46. The van der Waals surface area contributed by atoms with Gasteiger partial charge < -0.3 is 20.3 Å². The fourth-order valence-electron chi connectivity index (χ4n) is 8.67. The van der Waals surface area contributed by atoms with Crippen molar-refractivity contribution in [3.63, 3.8) is 0 Å². The molecule has 0 aromatic rings. The maximum atomic E-state index is 13.2. The second-order valence-electron chi connectivity index (χ2n) is 19.0. The maximum absolute atomic E-state index is 13.2. The van der Waals surface area contributed by atoms with Gasteiger partial charge >= 0.3 is 5.97 Å². The van der Waals surface area contributed by atoms with Gasteiger partial charge in [-0.3, -0.25) is 9.59 Å². The first-order chi connectivity index (χ1) is 30.0. The Balaban J connectivity index is 4.47. The lowest BCUT2D eigenvalue weighted by molar-refractivity contribution is -0.151. The zero-order valence-electron chi connectivity index (χ0n) is 41.3. The third kappa shape index (κ3) is 45.0. The number of carbonyl (C=O) groups is 2. The highest BCUT2D eigenvalue weighted by atomic mass is 16.5. The molecule has 0 aliphatic rings. The summed E-state index contributed by atoms with van der Waals surface area (Å²) in [5.41, 5.74) is 0. The summed E-state index contributed by atoms with van der Waals surface area (Å²) in [7, 11) is 0. The molecule has 6 heteroatoms. The lowest BCUT2D eigenvalue weighted by atomic mass is 10.0. The van der Waals surface area contributed by atoms with Gasteiger partial charge in [0, 0.05) is 6.42 Å². The molecule has 0 radical (unpaired) electrons. The van der Waals surface area contributed by atoms with E-state index < -0.39 is 18.2 Å². The molecule has 3 unspecified atom stereocenters. The molecule has 0 saturated carbocycles. The van der Waals surface area contributed by atoms with E-state index in [-0.39, 0.29) is 24.9 Å². The van der Waals surface area contributed by atoms with Crippen LogP contribution in [0.5, 0.6) is 0 Å². The SMILES string of the molecule is CCC/C=C\CCCCCCCC(=O)OC(CCCCCCCCCCCCCCCCCCC)CC(=O)NC(CO)C(O)CCCCCCCCCCCCCCCCC. The molecular weight excluding hydrogens is 755 g/mol. The first-order valence-electron chi connectivity index (χ1n) is 27.4. The average molecular weight is 862 g/mol. The maximum Gasteiger partial charge on any atom is 0.306 e. The van der Waals surface area contributed by atoms with E-state index in [1.807, 2.05) is 0 Å². The number of ether oxygens (including phenoxy) is 1. The molecule has 0 aromatic carbocycles. The Morgan fingerprint density at radius 1 is 0.459 bits per heavy atom. The van der Waals surface area contributed by atoms with E-state index in [9.17, 15) is 19.8 Å². The fraction of sp³-hybridized carbons (Fsp3) is 0.927. The van der Waals surface area contributed by atoms with Crippen molar-refractivity contribution < 1.29 is 24.5 Å². The van der Waals surface area contributed by atoms with Gasteiger partial charge in [0.1, 0.15) is 6.10 Å². The van der Waals surface area contributed by atoms with Crippen molar-refractivity contribution in [1.29, 1.82) is 0 Å². The molecular formula is C55H107NO5. The van der Waals surface area contributed by atoms with Gasteiger partial charge in [0.2, 0.25) is 5.91 Å². The minimum Gasteiger partial charge on any atom is -0.462 e. The minimum atomic E-state index is -0.783. The van der Waals surface area contributed by atoms with Gasteiger partial charge in [0.05, 0.1) is 25.2 Å². The van der Waals surface area contributed by atoms with Crippen molar-refractivity contribution in [3.8, 4) is 0 Å². The van der Waals surface area contributed by atoms with Crippen LogP contribution < -0.4 is 5.32 Å². The van der Waals surface area contributed by atoms with Crippen LogP contribution in [0.3, 0.4) is 0 Å². The largest absolute Gasteiger partial charge is 0.462 e. The number of carbonyl (C=O) groups excluding carboxylic acids is 2. The summed E-state index contributed by atoms with van der Waals surface area (Å²) < 4.78 is 5.93. The summed E-state index contributed by atoms with van der Waals surface area (Å²) in [5, 5.41) is 23.8. The Hall–Kier alpha value is -1.40. The van der Waals surface area contributed by atoms with Crippen LogP contribution in [0, 0.1) is 0 Å². The molecule has 0 rings (SSSR count). The van der Waals surface area contributed by atoms with Crippen molar-refractivity contribution in [2.75, 3.05) is 6.61 Å². The highest BCUT2D eigenvalue weighted by molar-refractivity contribution is 5.77. The predicted molar refractivity (Wildman–Crippen MR) is 264 cm³/mol. The first kappa shape index (κ1) is 59.6. The minimum absolute atomic E-state index is 0.0817. The Labute approximate surface area is 380 Å². The van der Waals surface area contributed by atoms with Crippen LogP contribution in [0.1, 0.15) is 303 Å². The van der Waals surface area contributed by atoms with Crippen LogP contribution in [-0.2, 0) is 14.3 Å². The number of aliphatic hydroxyl groups excluding tert-OH is 2. The van der Waals surface area contributed by atoms with Crippen LogP contribution in [0.2, 0.25) is 0 Å². The van der Waals surface area contributed by atoms with Crippen LogP contribution in [0.4, 0.5) is 0 Å². The summed E-state index contributed by atoms with van der Waals surface area (Å²) >= 11 is 0. The van der Waals surface area contributed by atoms with Crippen molar-refractivity contribution in [2.24, 2.45) is 0 Å². The fourth-order valence-corrected chi connectivity index (χ4v) is 8.67. The van der Waals surface area contributed by atoms with Crippen molar-refractivity contribution in [3.05, 3.63) is 12.2 Å². The zero-order chi connectivity index (χ0) is 44.5. The molecule has 362 valence electrons. The second-order valence-corrected chi connectivity index (χ2v) is 19.0. The molecule has 3 N–H and O–H groups in total. The molecule has 0 aliphatic carbocycles. The van der Waals surface area contributed by atoms with E-state index in [0.717, 1.165) is 57.8 Å². The van der Waals surface area contributed by atoms with Crippen LogP contribution in [-0.4, -0.2) is 46.9 Å². The Bertz CT molecular complexity index is 924. The van der Waals surface area contributed by atoms with E-state index in [1.54, 1.807) is 0 Å². The van der Waals surface area contributed by atoms with E-state index in [0.29, 0.717) is 19.3 Å². The summed E-state index contributed by atoms with van der Waals surface area (Å²) in [4.78, 5) is 26.1. The summed E-state index contributed by atoms with van der Waals surface area (Å²) in [6.07, 6.45) is 55.6. The Morgan fingerprint density at radius 2 is 0.820 bits per heavy atom. The van der Waals surface area contributed by atoms with Gasteiger partial charge in [0.15, 0.2) is 0 Å². The lowest BCUT2D eigenvalue weighted by Crippen LogP contribution is -2.46. The van der Waals surface area contributed by atoms with Crippen LogP contribution in [0.25, 0.3) is 0 Å². The number of aliphatic hydroxyl groups is 2. The summed E-state index contributed by atoms with van der Waals surface area (Å²) in [5.74, 6) is -0.466. The molecule has 3 atom stereocenters. The van der Waals surface area contributed by atoms with E-state index in [2.05, 4.69) is 38.2 Å². The van der Waals surface area contributed by atoms with Gasteiger partial charge in [-0.25, -0.2) is 0 Å². The van der Waals surface area contributed by atoms with Crippen molar-refractivity contribution in [2.45, 2.75) is 322 Å². The van der Waals surface area contributed by atoms with Gasteiger partial charge in [-0.1, -0.05) is 258 Å². The monoisotopic (exact) mass is 862 g/mol. The third-order valence-electron chi connectivity index (χ3n) is 12.8. The molecule has 0 saturated heterocycles. The number of amides is 1. The van der Waals surface area contributed by atoms with Gasteiger partial charge in [0.25, 0.3) is 0 Å². The molecule has 0 bridgehead atoms. The highest BCUT2D eigenvalue weighted by Crippen LogP contribution is 2.19. The number of hydrogen-bond acceptors (Lipinski definition) is 5. The molecule has 0 aromatic heterocycles. The van der Waals surface area contributed by atoms with Gasteiger partial charge in [-0.2, -0.15) is 0 Å². The van der Waals surface area contributed by atoms with E-state index in [1.165, 1.54) is 199 Å². The number of nitrogens with one attached hydrogen (secondary N) is 1.